The first-order valence-corrected chi connectivity index (χ1v) is 7.63. The lowest BCUT2D eigenvalue weighted by molar-refractivity contribution is -0.141. The maximum atomic E-state index is 12.8. The van der Waals surface area contributed by atoms with Gasteiger partial charge in [0.15, 0.2) is 5.75 Å². The molecular weight excluding hydrogens is 339 g/mol. The van der Waals surface area contributed by atoms with Crippen LogP contribution in [0.4, 0.5) is 19.1 Å². The molecule has 3 rings (SSSR count). The molecule has 10 heteroatoms. The van der Waals surface area contributed by atoms with Crippen molar-refractivity contribution in [2.45, 2.75) is 25.1 Å². The second kappa shape index (κ2) is 7.08. The first-order valence-electron chi connectivity index (χ1n) is 7.63. The zero-order valence-electron chi connectivity index (χ0n) is 13.4. The normalized spacial score (nSPS) is 18.1. The highest BCUT2D eigenvalue weighted by atomic mass is 19.4. The Balaban J connectivity index is 1.68. The minimum atomic E-state index is -4.50. The second-order valence-corrected chi connectivity index (χ2v) is 5.47. The van der Waals surface area contributed by atoms with Gasteiger partial charge in [0.05, 0.1) is 26.0 Å². The number of halogens is 3. The van der Waals surface area contributed by atoms with E-state index in [1.54, 1.807) is 4.90 Å². The minimum absolute atomic E-state index is 0.0405. The molecule has 0 radical (unpaired) electrons. The van der Waals surface area contributed by atoms with Crippen LogP contribution in [0.15, 0.2) is 24.7 Å². The van der Waals surface area contributed by atoms with Gasteiger partial charge in [-0.3, -0.25) is 0 Å². The first kappa shape index (κ1) is 17.2. The predicted octanol–water partition coefficient (Wildman–Crippen LogP) is 2.34. The van der Waals surface area contributed by atoms with E-state index in [9.17, 15) is 13.2 Å². The van der Waals surface area contributed by atoms with Crippen LogP contribution in [0.3, 0.4) is 0 Å². The number of nitrogens with zero attached hydrogens (tertiary/aromatic N) is 5. The lowest BCUT2D eigenvalue weighted by atomic mass is 10.1. The van der Waals surface area contributed by atoms with Crippen LogP contribution in [0, 0.1) is 0 Å². The highest BCUT2D eigenvalue weighted by Crippen LogP contribution is 2.28. The molecule has 0 bridgehead atoms. The summed E-state index contributed by atoms with van der Waals surface area (Å²) >= 11 is 0. The summed E-state index contributed by atoms with van der Waals surface area (Å²) in [5.74, 6) is 0.550. The van der Waals surface area contributed by atoms with Crippen molar-refractivity contribution in [2.24, 2.45) is 0 Å². The van der Waals surface area contributed by atoms with Gasteiger partial charge in [-0.2, -0.15) is 23.1 Å². The van der Waals surface area contributed by atoms with Crippen molar-refractivity contribution >= 4 is 5.95 Å². The zero-order chi connectivity index (χ0) is 17.9. The van der Waals surface area contributed by atoms with E-state index in [2.05, 4.69) is 19.9 Å². The second-order valence-electron chi connectivity index (χ2n) is 5.47. The standard InChI is InChI=1S/C15H16F3N5O2/c1-24-11-7-20-14(21-8-11)25-10-3-2-6-23(9-10)13-19-5-4-12(22-13)15(16,17)18/h4-5,7-8,10H,2-3,6,9H2,1H3. The quantitative estimate of drug-likeness (QED) is 0.833. The number of methoxy groups -OCH3 is 1. The molecule has 2 aromatic heterocycles. The van der Waals surface area contributed by atoms with Gasteiger partial charge in [0.2, 0.25) is 5.95 Å². The third kappa shape index (κ3) is 4.25. The number of hydrogen-bond acceptors (Lipinski definition) is 7. The molecule has 0 amide bonds. The van der Waals surface area contributed by atoms with Crippen molar-refractivity contribution in [3.8, 4) is 11.8 Å². The van der Waals surface area contributed by atoms with Gasteiger partial charge in [-0.05, 0) is 18.9 Å². The van der Waals surface area contributed by atoms with Gasteiger partial charge in [-0.15, -0.1) is 0 Å². The average Bonchev–Trinajstić information content (AvgIpc) is 2.62. The molecule has 0 aliphatic carbocycles. The van der Waals surface area contributed by atoms with Crippen LogP contribution in [0.25, 0.3) is 0 Å². The molecule has 1 aliphatic heterocycles. The number of piperidine rings is 1. The number of rotatable bonds is 4. The fraction of sp³-hybridized carbons (Fsp3) is 0.467. The van der Waals surface area contributed by atoms with E-state index in [-0.39, 0.29) is 18.1 Å². The Labute approximate surface area is 141 Å². The van der Waals surface area contributed by atoms with Gasteiger partial charge >= 0.3 is 12.2 Å². The summed E-state index contributed by atoms with van der Waals surface area (Å²) in [7, 11) is 1.51. The Morgan fingerprint density at radius 2 is 1.96 bits per heavy atom. The molecule has 3 heterocycles. The third-order valence-electron chi connectivity index (χ3n) is 3.71. The summed E-state index contributed by atoms with van der Waals surface area (Å²) in [6.45, 7) is 0.918. The maximum absolute atomic E-state index is 12.8. The Kier molecular flexibility index (Phi) is 4.86. The third-order valence-corrected chi connectivity index (χ3v) is 3.71. The Morgan fingerprint density at radius 3 is 2.64 bits per heavy atom. The van der Waals surface area contributed by atoms with Crippen molar-refractivity contribution in [2.75, 3.05) is 25.1 Å². The Hall–Kier alpha value is -2.65. The molecule has 7 nitrogen and oxygen atoms in total. The van der Waals surface area contributed by atoms with Crippen LogP contribution < -0.4 is 14.4 Å². The average molecular weight is 355 g/mol. The van der Waals surface area contributed by atoms with Crippen LogP contribution >= 0.6 is 0 Å². The fourth-order valence-electron chi connectivity index (χ4n) is 2.49. The van der Waals surface area contributed by atoms with Crippen LogP contribution in [-0.2, 0) is 6.18 Å². The molecule has 0 spiro atoms. The van der Waals surface area contributed by atoms with Gasteiger partial charge < -0.3 is 14.4 Å². The van der Waals surface area contributed by atoms with E-state index in [0.717, 1.165) is 25.1 Å². The fourth-order valence-corrected chi connectivity index (χ4v) is 2.49. The van der Waals surface area contributed by atoms with Gasteiger partial charge in [-0.1, -0.05) is 0 Å². The Morgan fingerprint density at radius 1 is 1.20 bits per heavy atom. The monoisotopic (exact) mass is 355 g/mol. The molecule has 1 atom stereocenters. The topological polar surface area (TPSA) is 73.3 Å². The SMILES string of the molecule is COc1cnc(OC2CCCN(c3nccc(C(F)(F)F)n3)C2)nc1. The molecule has 0 N–H and O–H groups in total. The van der Waals surface area contributed by atoms with E-state index < -0.39 is 11.9 Å². The van der Waals surface area contributed by atoms with E-state index in [1.165, 1.54) is 19.5 Å². The van der Waals surface area contributed by atoms with Crippen LogP contribution in [0.5, 0.6) is 11.8 Å². The van der Waals surface area contributed by atoms with Crippen molar-refractivity contribution in [1.29, 1.82) is 0 Å². The zero-order valence-corrected chi connectivity index (χ0v) is 13.4. The molecule has 134 valence electrons. The summed E-state index contributed by atoms with van der Waals surface area (Å²) in [5, 5.41) is 0. The van der Waals surface area contributed by atoms with Crippen LogP contribution in [0.2, 0.25) is 0 Å². The molecule has 1 fully saturated rings. The van der Waals surface area contributed by atoms with Crippen LogP contribution in [0.1, 0.15) is 18.5 Å². The largest absolute Gasteiger partial charge is 0.494 e. The number of ether oxygens (including phenoxy) is 2. The minimum Gasteiger partial charge on any atom is -0.494 e. The molecule has 2 aromatic rings. The highest BCUT2D eigenvalue weighted by molar-refractivity contribution is 5.32. The predicted molar refractivity (Wildman–Crippen MR) is 81.5 cm³/mol. The van der Waals surface area contributed by atoms with Crippen molar-refractivity contribution < 1.29 is 22.6 Å². The summed E-state index contributed by atoms with van der Waals surface area (Å²) < 4.78 is 49.1. The van der Waals surface area contributed by atoms with E-state index in [0.29, 0.717) is 18.8 Å². The van der Waals surface area contributed by atoms with Gasteiger partial charge in [0, 0.05) is 12.7 Å². The van der Waals surface area contributed by atoms with Crippen molar-refractivity contribution in [1.82, 2.24) is 19.9 Å². The first-order chi connectivity index (χ1) is 12.0. The smallest absolute Gasteiger partial charge is 0.433 e. The summed E-state index contributed by atoms with van der Waals surface area (Å²) in [6, 6.07) is 1.05. The van der Waals surface area contributed by atoms with E-state index in [1.807, 2.05) is 0 Å². The lowest BCUT2D eigenvalue weighted by Crippen LogP contribution is -2.42. The molecule has 0 saturated carbocycles. The van der Waals surface area contributed by atoms with E-state index in [4.69, 9.17) is 9.47 Å². The van der Waals surface area contributed by atoms with Crippen molar-refractivity contribution in [3.05, 3.63) is 30.4 Å². The molecule has 25 heavy (non-hydrogen) atoms. The summed E-state index contributed by atoms with van der Waals surface area (Å²) in [5.41, 5.74) is -0.959. The molecule has 0 aromatic carbocycles. The highest BCUT2D eigenvalue weighted by Gasteiger charge is 2.34. The number of alkyl halides is 3. The number of anilines is 1. The maximum Gasteiger partial charge on any atom is 0.433 e. The van der Waals surface area contributed by atoms with Crippen LogP contribution in [-0.4, -0.2) is 46.2 Å². The van der Waals surface area contributed by atoms with Gasteiger partial charge in [-0.25, -0.2) is 9.97 Å². The Bertz CT molecular complexity index is 711. The van der Waals surface area contributed by atoms with Gasteiger partial charge in [0.25, 0.3) is 0 Å². The van der Waals surface area contributed by atoms with Gasteiger partial charge in [0.1, 0.15) is 11.8 Å². The number of hydrogen-bond donors (Lipinski definition) is 0. The molecule has 1 saturated heterocycles. The molecular formula is C15H16F3N5O2. The summed E-state index contributed by atoms with van der Waals surface area (Å²) in [6.07, 6.45) is 0.797. The van der Waals surface area contributed by atoms with Crippen molar-refractivity contribution in [3.63, 3.8) is 0 Å². The number of aromatic nitrogens is 4. The summed E-state index contributed by atoms with van der Waals surface area (Å²) in [4.78, 5) is 17.3. The van der Waals surface area contributed by atoms with E-state index >= 15 is 0 Å². The lowest BCUT2D eigenvalue weighted by Gasteiger charge is -2.32. The molecule has 1 unspecified atom stereocenters. The molecule has 1 aliphatic rings.